The van der Waals surface area contributed by atoms with Crippen molar-refractivity contribution in [3.8, 4) is 0 Å². The van der Waals surface area contributed by atoms with Crippen LogP contribution < -0.4 is 5.32 Å². The van der Waals surface area contributed by atoms with Crippen molar-refractivity contribution < 1.29 is 9.13 Å². The van der Waals surface area contributed by atoms with Crippen molar-refractivity contribution in [1.82, 2.24) is 5.32 Å². The van der Waals surface area contributed by atoms with Gasteiger partial charge in [-0.15, -0.1) is 0 Å². The van der Waals surface area contributed by atoms with Crippen LogP contribution in [0, 0.1) is 5.82 Å². The van der Waals surface area contributed by atoms with Crippen molar-refractivity contribution in [3.05, 3.63) is 68.9 Å². The highest BCUT2D eigenvalue weighted by molar-refractivity contribution is 9.10. The standard InChI is InChI=1S/C16H15BrFNO/c1-19-16(14-5-4-13(17)7-15(14)18)10-2-3-11-8-20-9-12(11)6-10/h2-7,16,19H,8-9H2,1H3. The highest BCUT2D eigenvalue weighted by atomic mass is 79.9. The van der Waals surface area contributed by atoms with E-state index in [0.717, 1.165) is 10.0 Å². The van der Waals surface area contributed by atoms with Gasteiger partial charge in [-0.1, -0.05) is 40.2 Å². The molecule has 0 saturated carbocycles. The summed E-state index contributed by atoms with van der Waals surface area (Å²) in [5, 5.41) is 3.19. The number of hydrogen-bond acceptors (Lipinski definition) is 2. The molecule has 1 unspecified atom stereocenters. The summed E-state index contributed by atoms with van der Waals surface area (Å²) in [5.41, 5.74) is 4.12. The minimum Gasteiger partial charge on any atom is -0.372 e. The summed E-state index contributed by atoms with van der Waals surface area (Å²) < 4.78 is 20.3. The van der Waals surface area contributed by atoms with Gasteiger partial charge in [0, 0.05) is 10.0 Å². The Morgan fingerprint density at radius 2 is 1.95 bits per heavy atom. The summed E-state index contributed by atoms with van der Waals surface area (Å²) in [6, 6.07) is 11.2. The predicted molar refractivity (Wildman–Crippen MR) is 79.9 cm³/mol. The molecule has 1 aliphatic heterocycles. The van der Waals surface area contributed by atoms with E-state index in [1.54, 1.807) is 0 Å². The minimum absolute atomic E-state index is 0.158. The van der Waals surface area contributed by atoms with Gasteiger partial charge in [-0.05, 0) is 35.9 Å². The number of rotatable bonds is 3. The van der Waals surface area contributed by atoms with Crippen molar-refractivity contribution in [2.75, 3.05) is 7.05 Å². The van der Waals surface area contributed by atoms with E-state index in [1.165, 1.54) is 17.2 Å². The number of nitrogens with one attached hydrogen (secondary N) is 1. The van der Waals surface area contributed by atoms with Crippen LogP contribution in [-0.2, 0) is 18.0 Å². The topological polar surface area (TPSA) is 21.3 Å². The van der Waals surface area contributed by atoms with Crippen LogP contribution in [0.15, 0.2) is 40.9 Å². The first kappa shape index (κ1) is 13.7. The molecule has 104 valence electrons. The Bertz CT molecular complexity index is 644. The van der Waals surface area contributed by atoms with E-state index in [0.29, 0.717) is 18.8 Å². The summed E-state index contributed by atoms with van der Waals surface area (Å²) >= 11 is 3.29. The fraction of sp³-hybridized carbons (Fsp3) is 0.250. The zero-order chi connectivity index (χ0) is 14.1. The maximum atomic E-state index is 14.2. The Kier molecular flexibility index (Phi) is 3.87. The molecule has 3 rings (SSSR count). The lowest BCUT2D eigenvalue weighted by Crippen LogP contribution is -2.19. The summed E-state index contributed by atoms with van der Waals surface area (Å²) in [6.45, 7) is 1.31. The first-order chi connectivity index (χ1) is 9.69. The van der Waals surface area contributed by atoms with Gasteiger partial charge < -0.3 is 10.1 Å². The minimum atomic E-state index is -0.213. The predicted octanol–water partition coefficient (Wildman–Crippen LogP) is 3.93. The monoisotopic (exact) mass is 335 g/mol. The molecule has 2 aromatic rings. The van der Waals surface area contributed by atoms with Crippen molar-refractivity contribution in [2.45, 2.75) is 19.3 Å². The highest BCUT2D eigenvalue weighted by Crippen LogP contribution is 2.29. The second kappa shape index (κ2) is 5.64. The lowest BCUT2D eigenvalue weighted by Gasteiger charge is -2.19. The van der Waals surface area contributed by atoms with Crippen molar-refractivity contribution in [1.29, 1.82) is 0 Å². The van der Waals surface area contributed by atoms with Crippen LogP contribution in [0.4, 0.5) is 4.39 Å². The van der Waals surface area contributed by atoms with E-state index >= 15 is 0 Å². The second-order valence-electron chi connectivity index (χ2n) is 4.91. The molecule has 0 amide bonds. The van der Waals surface area contributed by atoms with Crippen molar-refractivity contribution >= 4 is 15.9 Å². The summed E-state index contributed by atoms with van der Waals surface area (Å²) in [7, 11) is 1.84. The van der Waals surface area contributed by atoms with Gasteiger partial charge in [0.2, 0.25) is 0 Å². The Balaban J connectivity index is 2.01. The number of benzene rings is 2. The molecule has 2 nitrogen and oxygen atoms in total. The fourth-order valence-corrected chi connectivity index (χ4v) is 2.94. The van der Waals surface area contributed by atoms with Crippen LogP contribution in [0.25, 0.3) is 0 Å². The molecule has 0 spiro atoms. The van der Waals surface area contributed by atoms with Crippen molar-refractivity contribution in [2.24, 2.45) is 0 Å². The quantitative estimate of drug-likeness (QED) is 0.917. The second-order valence-corrected chi connectivity index (χ2v) is 5.82. The maximum absolute atomic E-state index is 14.2. The third-order valence-corrected chi connectivity index (χ3v) is 4.13. The molecule has 1 aliphatic rings. The zero-order valence-corrected chi connectivity index (χ0v) is 12.7. The van der Waals surface area contributed by atoms with Gasteiger partial charge in [-0.3, -0.25) is 0 Å². The third-order valence-electron chi connectivity index (χ3n) is 3.64. The summed E-state index contributed by atoms with van der Waals surface area (Å²) in [4.78, 5) is 0. The Hall–Kier alpha value is -1.23. The van der Waals surface area contributed by atoms with Crippen LogP contribution >= 0.6 is 15.9 Å². The van der Waals surface area contributed by atoms with E-state index < -0.39 is 0 Å². The normalized spacial score (nSPS) is 15.2. The molecule has 1 N–H and O–H groups in total. The maximum Gasteiger partial charge on any atom is 0.129 e. The number of fused-ring (bicyclic) bond motifs is 1. The van der Waals surface area contributed by atoms with Crippen LogP contribution in [0.2, 0.25) is 0 Å². The van der Waals surface area contributed by atoms with Gasteiger partial charge in [0.15, 0.2) is 0 Å². The summed E-state index contributed by atoms with van der Waals surface area (Å²) in [5.74, 6) is -0.213. The molecular formula is C16H15BrFNO. The molecule has 0 radical (unpaired) electrons. The molecule has 0 saturated heterocycles. The SMILES string of the molecule is CNC(c1ccc2c(c1)COC2)c1ccc(Br)cc1F. The molecule has 0 fully saturated rings. The van der Waals surface area contributed by atoms with Crippen molar-refractivity contribution in [3.63, 3.8) is 0 Å². The Morgan fingerprint density at radius 1 is 1.15 bits per heavy atom. The van der Waals surface area contributed by atoms with Gasteiger partial charge >= 0.3 is 0 Å². The molecule has 0 aliphatic carbocycles. The fourth-order valence-electron chi connectivity index (χ4n) is 2.61. The van der Waals surface area contributed by atoms with Crippen LogP contribution in [0.5, 0.6) is 0 Å². The molecule has 1 heterocycles. The largest absolute Gasteiger partial charge is 0.372 e. The molecule has 2 aromatic carbocycles. The average Bonchev–Trinajstić information content (AvgIpc) is 2.89. The van der Waals surface area contributed by atoms with Crippen LogP contribution in [-0.4, -0.2) is 7.05 Å². The molecule has 0 bridgehead atoms. The van der Waals surface area contributed by atoms with Crippen LogP contribution in [0.3, 0.4) is 0 Å². The Morgan fingerprint density at radius 3 is 2.70 bits per heavy atom. The third kappa shape index (κ3) is 2.51. The van der Waals surface area contributed by atoms with E-state index in [9.17, 15) is 4.39 Å². The van der Waals surface area contributed by atoms with E-state index in [2.05, 4.69) is 33.4 Å². The zero-order valence-electron chi connectivity index (χ0n) is 11.1. The van der Waals surface area contributed by atoms with E-state index in [4.69, 9.17) is 4.74 Å². The lowest BCUT2D eigenvalue weighted by molar-refractivity contribution is 0.134. The van der Waals surface area contributed by atoms with E-state index in [1.807, 2.05) is 25.2 Å². The smallest absolute Gasteiger partial charge is 0.129 e. The molecule has 1 atom stereocenters. The highest BCUT2D eigenvalue weighted by Gasteiger charge is 2.19. The average molecular weight is 336 g/mol. The van der Waals surface area contributed by atoms with E-state index in [-0.39, 0.29) is 11.9 Å². The van der Waals surface area contributed by atoms with Gasteiger partial charge in [0.1, 0.15) is 5.82 Å². The van der Waals surface area contributed by atoms with Gasteiger partial charge in [-0.2, -0.15) is 0 Å². The lowest BCUT2D eigenvalue weighted by atomic mass is 9.95. The van der Waals surface area contributed by atoms with Gasteiger partial charge in [0.05, 0.1) is 19.3 Å². The molecule has 0 aromatic heterocycles. The first-order valence-electron chi connectivity index (χ1n) is 6.50. The number of halogens is 2. The molecule has 20 heavy (non-hydrogen) atoms. The first-order valence-corrected chi connectivity index (χ1v) is 7.30. The molecular weight excluding hydrogens is 321 g/mol. The van der Waals surface area contributed by atoms with Gasteiger partial charge in [0.25, 0.3) is 0 Å². The number of ether oxygens (including phenoxy) is 1. The number of hydrogen-bond donors (Lipinski definition) is 1. The van der Waals surface area contributed by atoms with Gasteiger partial charge in [-0.25, -0.2) is 4.39 Å². The molecule has 4 heteroatoms. The Labute approximate surface area is 126 Å². The van der Waals surface area contributed by atoms with Crippen LogP contribution in [0.1, 0.15) is 28.3 Å². The summed E-state index contributed by atoms with van der Waals surface area (Å²) in [6.07, 6.45) is 0.